The van der Waals surface area contributed by atoms with Gasteiger partial charge in [-0.25, -0.2) is 0 Å². The van der Waals surface area contributed by atoms with Gasteiger partial charge in [-0.2, -0.15) is 0 Å². The molecule has 4 nitrogen and oxygen atoms in total. The molecule has 1 atom stereocenters. The Hall–Kier alpha value is -0.840. The van der Waals surface area contributed by atoms with E-state index in [1.165, 1.54) is 0 Å². The van der Waals surface area contributed by atoms with Gasteiger partial charge in [0, 0.05) is 38.8 Å². The van der Waals surface area contributed by atoms with E-state index in [0.717, 1.165) is 45.0 Å². The molecule has 2 heterocycles. The van der Waals surface area contributed by atoms with Crippen molar-refractivity contribution in [3.8, 4) is 0 Å². The summed E-state index contributed by atoms with van der Waals surface area (Å²) in [6, 6.07) is 4.49. The second kappa shape index (κ2) is 5.48. The Labute approximate surface area is 97.0 Å². The molecule has 0 spiro atoms. The third-order valence-electron chi connectivity index (χ3n) is 3.33. The molecule has 90 valence electrons. The van der Waals surface area contributed by atoms with E-state index in [2.05, 4.69) is 16.7 Å². The number of hydrogen-bond acceptors (Lipinski definition) is 4. The molecule has 1 aliphatic rings. The second-order valence-corrected chi connectivity index (χ2v) is 4.48. The van der Waals surface area contributed by atoms with Crippen molar-refractivity contribution >= 4 is 0 Å². The van der Waals surface area contributed by atoms with Crippen LogP contribution in [0.25, 0.3) is 0 Å². The van der Waals surface area contributed by atoms with Gasteiger partial charge >= 0.3 is 0 Å². The zero-order valence-electron chi connectivity index (χ0n) is 9.93. The summed E-state index contributed by atoms with van der Waals surface area (Å²) in [4.78, 5) is 4.89. The molecule has 0 aliphatic carbocycles. The van der Waals surface area contributed by atoms with Crippen LogP contribution in [-0.4, -0.2) is 48.6 Å². The minimum Gasteiger partial charge on any atom is -0.468 e. The summed E-state index contributed by atoms with van der Waals surface area (Å²) < 4.78 is 5.36. The van der Waals surface area contributed by atoms with Gasteiger partial charge in [0.05, 0.1) is 12.8 Å². The number of piperazine rings is 1. The normalized spacial score (nSPS) is 21.1. The minimum atomic E-state index is 0.505. The summed E-state index contributed by atoms with van der Waals surface area (Å²) in [6.07, 6.45) is 1.74. The molecule has 1 unspecified atom stereocenters. The Kier molecular flexibility index (Phi) is 3.98. The minimum absolute atomic E-state index is 0.505. The van der Waals surface area contributed by atoms with Crippen LogP contribution in [0.4, 0.5) is 0 Å². The van der Waals surface area contributed by atoms with Gasteiger partial charge in [0.1, 0.15) is 5.76 Å². The Morgan fingerprint density at radius 2 is 2.12 bits per heavy atom. The molecule has 16 heavy (non-hydrogen) atoms. The summed E-state index contributed by atoms with van der Waals surface area (Å²) in [6.45, 7) is 8.30. The average Bonchev–Trinajstić information content (AvgIpc) is 2.82. The summed E-state index contributed by atoms with van der Waals surface area (Å²) in [7, 11) is 0. The molecular formula is C12H21N3O. The Balaban J connectivity index is 1.77. The molecule has 2 rings (SSSR count). The summed E-state index contributed by atoms with van der Waals surface area (Å²) in [5.41, 5.74) is 5.68. The number of nitrogens with zero attached hydrogens (tertiary/aromatic N) is 2. The fourth-order valence-electron chi connectivity index (χ4n) is 2.13. The Morgan fingerprint density at radius 1 is 1.38 bits per heavy atom. The maximum Gasteiger partial charge on any atom is 0.117 e. The average molecular weight is 223 g/mol. The molecule has 0 saturated carbocycles. The lowest BCUT2D eigenvalue weighted by Gasteiger charge is -2.37. The molecule has 1 aliphatic heterocycles. The molecule has 1 fully saturated rings. The molecule has 0 aromatic carbocycles. The van der Waals surface area contributed by atoms with Crippen molar-refractivity contribution in [3.63, 3.8) is 0 Å². The zero-order chi connectivity index (χ0) is 11.4. The van der Waals surface area contributed by atoms with Crippen molar-refractivity contribution < 1.29 is 4.42 Å². The maximum atomic E-state index is 5.68. The molecule has 4 heteroatoms. The molecular weight excluding hydrogens is 202 g/mol. The highest BCUT2D eigenvalue weighted by molar-refractivity contribution is 4.98. The topological polar surface area (TPSA) is 45.6 Å². The van der Waals surface area contributed by atoms with Gasteiger partial charge in [-0.3, -0.25) is 9.80 Å². The lowest BCUT2D eigenvalue weighted by atomic mass is 10.2. The van der Waals surface area contributed by atoms with Gasteiger partial charge in [-0.1, -0.05) is 0 Å². The van der Waals surface area contributed by atoms with Crippen molar-refractivity contribution in [2.75, 3.05) is 32.7 Å². The summed E-state index contributed by atoms with van der Waals surface area (Å²) >= 11 is 0. The van der Waals surface area contributed by atoms with E-state index in [4.69, 9.17) is 10.2 Å². The van der Waals surface area contributed by atoms with Crippen molar-refractivity contribution in [1.29, 1.82) is 0 Å². The summed E-state index contributed by atoms with van der Waals surface area (Å²) in [5.74, 6) is 1.06. The lowest BCUT2D eigenvalue weighted by molar-refractivity contribution is 0.0959. The molecule has 0 amide bonds. The van der Waals surface area contributed by atoms with Gasteiger partial charge in [-0.15, -0.1) is 0 Å². The second-order valence-electron chi connectivity index (χ2n) is 4.48. The number of nitrogens with two attached hydrogens (primary N) is 1. The van der Waals surface area contributed by atoms with Crippen molar-refractivity contribution in [2.45, 2.75) is 19.5 Å². The highest BCUT2D eigenvalue weighted by Gasteiger charge is 2.20. The van der Waals surface area contributed by atoms with Gasteiger partial charge in [0.15, 0.2) is 0 Å². The maximum absolute atomic E-state index is 5.68. The number of rotatable bonds is 4. The first kappa shape index (κ1) is 11.6. The molecule has 0 radical (unpaired) electrons. The van der Waals surface area contributed by atoms with Crippen molar-refractivity contribution in [2.24, 2.45) is 5.73 Å². The van der Waals surface area contributed by atoms with Crippen molar-refractivity contribution in [1.82, 2.24) is 9.80 Å². The quantitative estimate of drug-likeness (QED) is 0.818. The van der Waals surface area contributed by atoms with E-state index >= 15 is 0 Å². The van der Waals surface area contributed by atoms with Crippen LogP contribution in [0.5, 0.6) is 0 Å². The van der Waals surface area contributed by atoms with Gasteiger partial charge < -0.3 is 10.2 Å². The van der Waals surface area contributed by atoms with Crippen molar-refractivity contribution in [3.05, 3.63) is 24.2 Å². The lowest BCUT2D eigenvalue weighted by Crippen LogP contribution is -2.50. The molecule has 0 bridgehead atoms. The van der Waals surface area contributed by atoms with Crippen LogP contribution in [0.1, 0.15) is 12.7 Å². The van der Waals surface area contributed by atoms with Crippen LogP contribution in [-0.2, 0) is 6.54 Å². The predicted molar refractivity (Wildman–Crippen MR) is 64.1 cm³/mol. The Morgan fingerprint density at radius 3 is 2.69 bits per heavy atom. The fraction of sp³-hybridized carbons (Fsp3) is 0.667. The first-order valence-electron chi connectivity index (χ1n) is 5.98. The highest BCUT2D eigenvalue weighted by Crippen LogP contribution is 2.10. The molecule has 2 N–H and O–H groups in total. The van der Waals surface area contributed by atoms with E-state index in [-0.39, 0.29) is 0 Å². The van der Waals surface area contributed by atoms with Gasteiger partial charge in [0.2, 0.25) is 0 Å². The van der Waals surface area contributed by atoms with E-state index in [9.17, 15) is 0 Å². The first-order chi connectivity index (χ1) is 7.79. The van der Waals surface area contributed by atoms with E-state index in [1.54, 1.807) is 6.26 Å². The van der Waals surface area contributed by atoms with E-state index in [1.807, 2.05) is 12.1 Å². The summed E-state index contributed by atoms with van der Waals surface area (Å²) in [5, 5.41) is 0. The van der Waals surface area contributed by atoms with Crippen LogP contribution in [0.2, 0.25) is 0 Å². The highest BCUT2D eigenvalue weighted by atomic mass is 16.3. The van der Waals surface area contributed by atoms with E-state index < -0.39 is 0 Å². The zero-order valence-corrected chi connectivity index (χ0v) is 9.93. The standard InChI is InChI=1S/C12H21N3O/c1-11(9-13)15-6-4-14(5-7-15)10-12-3-2-8-16-12/h2-3,8,11H,4-7,9-10,13H2,1H3. The third-order valence-corrected chi connectivity index (χ3v) is 3.33. The molecule has 1 saturated heterocycles. The SMILES string of the molecule is CC(CN)N1CCN(Cc2ccco2)CC1. The first-order valence-corrected chi connectivity index (χ1v) is 5.98. The Bertz CT molecular complexity index is 291. The molecule has 1 aromatic rings. The smallest absolute Gasteiger partial charge is 0.117 e. The van der Waals surface area contributed by atoms with Crippen LogP contribution >= 0.6 is 0 Å². The van der Waals surface area contributed by atoms with Gasteiger partial charge in [-0.05, 0) is 19.1 Å². The monoisotopic (exact) mass is 223 g/mol. The van der Waals surface area contributed by atoms with Crippen LogP contribution in [0, 0.1) is 0 Å². The largest absolute Gasteiger partial charge is 0.468 e. The number of hydrogen-bond donors (Lipinski definition) is 1. The third kappa shape index (κ3) is 2.84. The number of furan rings is 1. The van der Waals surface area contributed by atoms with Gasteiger partial charge in [0.25, 0.3) is 0 Å². The van der Waals surface area contributed by atoms with Crippen LogP contribution < -0.4 is 5.73 Å². The predicted octanol–water partition coefficient (Wildman–Crippen LogP) is 0.744. The molecule has 1 aromatic heterocycles. The van der Waals surface area contributed by atoms with Crippen LogP contribution in [0.15, 0.2) is 22.8 Å². The van der Waals surface area contributed by atoms with Crippen LogP contribution in [0.3, 0.4) is 0 Å². The fourth-order valence-corrected chi connectivity index (χ4v) is 2.13. The van der Waals surface area contributed by atoms with E-state index in [0.29, 0.717) is 6.04 Å².